The van der Waals surface area contributed by atoms with E-state index in [4.69, 9.17) is 21.1 Å². The van der Waals surface area contributed by atoms with Crippen molar-refractivity contribution < 1.29 is 19.0 Å². The zero-order valence-corrected chi connectivity index (χ0v) is 11.1. The molecule has 0 spiro atoms. The van der Waals surface area contributed by atoms with Gasteiger partial charge in [0.25, 0.3) is 0 Å². The Labute approximate surface area is 119 Å². The summed E-state index contributed by atoms with van der Waals surface area (Å²) in [5.74, 6) is 0.808. The molecule has 0 aliphatic carbocycles. The number of rotatable bonds is 3. The summed E-state index contributed by atoms with van der Waals surface area (Å²) in [4.78, 5) is 0. The van der Waals surface area contributed by atoms with E-state index in [9.17, 15) is 9.50 Å². The minimum absolute atomic E-state index is 0.0972. The van der Waals surface area contributed by atoms with Crippen LogP contribution in [-0.4, -0.2) is 11.9 Å². The fourth-order valence-electron chi connectivity index (χ4n) is 1.94. The van der Waals surface area contributed by atoms with Crippen molar-refractivity contribution in [1.82, 2.24) is 0 Å². The van der Waals surface area contributed by atoms with Gasteiger partial charge < -0.3 is 19.9 Å². The van der Waals surface area contributed by atoms with Crippen LogP contribution in [0.3, 0.4) is 0 Å². The first-order valence-electron chi connectivity index (χ1n) is 5.94. The molecule has 0 bridgehead atoms. The largest absolute Gasteiger partial charge is 0.507 e. The van der Waals surface area contributed by atoms with Gasteiger partial charge in [0.15, 0.2) is 11.5 Å². The van der Waals surface area contributed by atoms with E-state index in [1.165, 1.54) is 18.2 Å². The molecule has 20 heavy (non-hydrogen) atoms. The molecule has 1 aliphatic heterocycles. The number of phenolic OH excluding ortho intramolecular Hbond substituents is 1. The quantitative estimate of drug-likeness (QED) is 0.909. The molecule has 4 nitrogen and oxygen atoms in total. The molecule has 0 atom stereocenters. The van der Waals surface area contributed by atoms with E-state index >= 15 is 0 Å². The van der Waals surface area contributed by atoms with E-state index in [0.717, 1.165) is 0 Å². The van der Waals surface area contributed by atoms with E-state index in [1.807, 2.05) is 0 Å². The van der Waals surface area contributed by atoms with Crippen molar-refractivity contribution in [3.63, 3.8) is 0 Å². The number of aromatic hydroxyl groups is 1. The Balaban J connectivity index is 1.78. The monoisotopic (exact) mass is 295 g/mol. The summed E-state index contributed by atoms with van der Waals surface area (Å²) >= 11 is 5.92. The number of benzene rings is 2. The first-order chi connectivity index (χ1) is 9.63. The maximum absolute atomic E-state index is 12.9. The van der Waals surface area contributed by atoms with E-state index < -0.39 is 5.82 Å². The molecule has 0 amide bonds. The third-order valence-electron chi connectivity index (χ3n) is 2.97. The van der Waals surface area contributed by atoms with E-state index in [1.54, 1.807) is 12.1 Å². The Hall–Kier alpha value is -2.14. The van der Waals surface area contributed by atoms with Crippen LogP contribution in [0.2, 0.25) is 5.02 Å². The van der Waals surface area contributed by atoms with Crippen LogP contribution in [0.1, 0.15) is 5.56 Å². The highest BCUT2D eigenvalue weighted by molar-refractivity contribution is 6.33. The number of anilines is 1. The molecule has 0 aromatic heterocycles. The van der Waals surface area contributed by atoms with Crippen LogP contribution in [0.15, 0.2) is 30.3 Å². The molecular weight excluding hydrogens is 285 g/mol. The minimum Gasteiger partial charge on any atom is -0.507 e. The molecule has 2 aromatic carbocycles. The minimum atomic E-state index is -0.397. The predicted molar refractivity (Wildman–Crippen MR) is 73.0 cm³/mol. The second-order valence-corrected chi connectivity index (χ2v) is 4.72. The van der Waals surface area contributed by atoms with Gasteiger partial charge in [-0.3, -0.25) is 0 Å². The number of nitrogens with one attached hydrogen (secondary N) is 1. The number of halogens is 2. The number of hydrogen-bond acceptors (Lipinski definition) is 4. The third-order valence-corrected chi connectivity index (χ3v) is 3.29. The van der Waals surface area contributed by atoms with Crippen molar-refractivity contribution >= 4 is 17.3 Å². The number of phenols is 1. The Morgan fingerprint density at radius 1 is 1.20 bits per heavy atom. The van der Waals surface area contributed by atoms with Gasteiger partial charge in [-0.2, -0.15) is 0 Å². The zero-order valence-electron chi connectivity index (χ0n) is 10.3. The third kappa shape index (κ3) is 2.44. The van der Waals surface area contributed by atoms with Gasteiger partial charge in [0.1, 0.15) is 11.6 Å². The first kappa shape index (κ1) is 12.9. The molecule has 0 saturated heterocycles. The SMILES string of the molecule is Oc1cc2c(cc1CNc1ccc(F)cc1Cl)OCO2. The average Bonchev–Trinajstić information content (AvgIpc) is 2.84. The van der Waals surface area contributed by atoms with Crippen LogP contribution in [0.25, 0.3) is 0 Å². The standard InChI is InChI=1S/C14H11ClFNO3/c15-10-4-9(16)1-2-11(10)17-6-8-3-13-14(5-12(8)18)20-7-19-13/h1-5,17-18H,6-7H2. The second kappa shape index (κ2) is 5.09. The van der Waals surface area contributed by atoms with Crippen molar-refractivity contribution in [2.45, 2.75) is 6.54 Å². The van der Waals surface area contributed by atoms with Gasteiger partial charge in [0.2, 0.25) is 6.79 Å². The number of fused-ring (bicyclic) bond motifs is 1. The highest BCUT2D eigenvalue weighted by atomic mass is 35.5. The molecule has 0 saturated carbocycles. The van der Waals surface area contributed by atoms with Gasteiger partial charge in [0, 0.05) is 18.2 Å². The lowest BCUT2D eigenvalue weighted by atomic mass is 10.1. The highest BCUT2D eigenvalue weighted by Crippen LogP contribution is 2.38. The normalized spacial score (nSPS) is 12.5. The van der Waals surface area contributed by atoms with Crippen molar-refractivity contribution in [3.05, 3.63) is 46.7 Å². The molecule has 0 fully saturated rings. The lowest BCUT2D eigenvalue weighted by Crippen LogP contribution is -2.00. The topological polar surface area (TPSA) is 50.7 Å². The molecular formula is C14H11ClFNO3. The van der Waals surface area contributed by atoms with Crippen molar-refractivity contribution in [3.8, 4) is 17.2 Å². The maximum atomic E-state index is 12.9. The van der Waals surface area contributed by atoms with Crippen molar-refractivity contribution in [2.75, 3.05) is 12.1 Å². The Bertz CT molecular complexity index is 663. The smallest absolute Gasteiger partial charge is 0.231 e. The van der Waals surface area contributed by atoms with Gasteiger partial charge in [-0.05, 0) is 24.3 Å². The Morgan fingerprint density at radius 3 is 2.70 bits per heavy atom. The van der Waals surface area contributed by atoms with E-state index in [0.29, 0.717) is 29.3 Å². The molecule has 6 heteroatoms. The fraction of sp³-hybridized carbons (Fsp3) is 0.143. The van der Waals surface area contributed by atoms with Gasteiger partial charge >= 0.3 is 0 Å². The summed E-state index contributed by atoms with van der Waals surface area (Å²) < 4.78 is 23.4. The van der Waals surface area contributed by atoms with Crippen molar-refractivity contribution in [2.24, 2.45) is 0 Å². The van der Waals surface area contributed by atoms with Crippen LogP contribution in [0, 0.1) is 5.82 Å². The van der Waals surface area contributed by atoms with Gasteiger partial charge in [0.05, 0.1) is 10.7 Å². The first-order valence-corrected chi connectivity index (χ1v) is 6.31. The average molecular weight is 296 g/mol. The highest BCUT2D eigenvalue weighted by Gasteiger charge is 2.17. The predicted octanol–water partition coefficient (Wildman–Crippen LogP) is 3.53. The van der Waals surface area contributed by atoms with E-state index in [-0.39, 0.29) is 17.6 Å². The number of hydrogen-bond donors (Lipinski definition) is 2. The van der Waals surface area contributed by atoms with Gasteiger partial charge in [-0.15, -0.1) is 0 Å². The van der Waals surface area contributed by atoms with Crippen LogP contribution in [0.4, 0.5) is 10.1 Å². The zero-order chi connectivity index (χ0) is 14.1. The Morgan fingerprint density at radius 2 is 1.95 bits per heavy atom. The summed E-state index contributed by atoms with van der Waals surface area (Å²) in [7, 11) is 0. The fourth-order valence-corrected chi connectivity index (χ4v) is 2.17. The molecule has 2 aromatic rings. The van der Waals surface area contributed by atoms with E-state index in [2.05, 4.69) is 5.32 Å². The molecule has 0 unspecified atom stereocenters. The summed E-state index contributed by atoms with van der Waals surface area (Å²) in [6.07, 6.45) is 0. The molecule has 1 aliphatic rings. The molecule has 1 heterocycles. The molecule has 2 N–H and O–H groups in total. The number of ether oxygens (including phenoxy) is 2. The van der Waals surface area contributed by atoms with Gasteiger partial charge in [-0.25, -0.2) is 4.39 Å². The summed E-state index contributed by atoms with van der Waals surface area (Å²) in [5, 5.41) is 13.2. The lowest BCUT2D eigenvalue weighted by molar-refractivity contribution is 0.174. The maximum Gasteiger partial charge on any atom is 0.231 e. The van der Waals surface area contributed by atoms with Gasteiger partial charge in [-0.1, -0.05) is 11.6 Å². The van der Waals surface area contributed by atoms with Crippen LogP contribution >= 0.6 is 11.6 Å². The second-order valence-electron chi connectivity index (χ2n) is 4.31. The molecule has 0 radical (unpaired) electrons. The lowest BCUT2D eigenvalue weighted by Gasteiger charge is -2.10. The summed E-state index contributed by atoms with van der Waals surface area (Å²) in [5.41, 5.74) is 1.22. The molecule has 3 rings (SSSR count). The summed E-state index contributed by atoms with van der Waals surface area (Å²) in [6, 6.07) is 7.28. The summed E-state index contributed by atoms with van der Waals surface area (Å²) in [6.45, 7) is 0.475. The van der Waals surface area contributed by atoms with Crippen LogP contribution in [0.5, 0.6) is 17.2 Å². The molecule has 104 valence electrons. The van der Waals surface area contributed by atoms with Crippen molar-refractivity contribution in [1.29, 1.82) is 0 Å². The Kier molecular flexibility index (Phi) is 3.28. The van der Waals surface area contributed by atoms with Crippen LogP contribution < -0.4 is 14.8 Å². The van der Waals surface area contributed by atoms with Crippen LogP contribution in [-0.2, 0) is 6.54 Å².